The van der Waals surface area contributed by atoms with E-state index in [4.69, 9.17) is 0 Å². The van der Waals surface area contributed by atoms with Crippen molar-refractivity contribution >= 4 is 11.6 Å². The zero-order valence-corrected chi connectivity index (χ0v) is 20.1. The number of amides is 1. The van der Waals surface area contributed by atoms with Crippen LogP contribution >= 0.6 is 0 Å². The second-order valence-corrected chi connectivity index (χ2v) is 9.49. The van der Waals surface area contributed by atoms with Gasteiger partial charge in [0.25, 0.3) is 5.91 Å². The van der Waals surface area contributed by atoms with E-state index >= 15 is 0 Å². The van der Waals surface area contributed by atoms with Crippen LogP contribution in [0.15, 0.2) is 103 Å². The largest absolute Gasteiger partial charge is 0.338 e. The molecular weight excluding hydrogens is 444 g/mol. The molecule has 1 saturated heterocycles. The predicted molar refractivity (Wildman–Crippen MR) is 143 cm³/mol. The van der Waals surface area contributed by atoms with Crippen molar-refractivity contribution in [1.82, 2.24) is 19.5 Å². The Morgan fingerprint density at radius 1 is 0.778 bits per heavy atom. The van der Waals surface area contributed by atoms with Gasteiger partial charge in [-0.1, -0.05) is 84.9 Å². The molecule has 0 saturated carbocycles. The first-order valence-electron chi connectivity index (χ1n) is 12.6. The van der Waals surface area contributed by atoms with Gasteiger partial charge in [0.1, 0.15) is 5.56 Å². The topological polar surface area (TPSA) is 50.5 Å². The Morgan fingerprint density at radius 3 is 2.14 bits per heavy atom. The van der Waals surface area contributed by atoms with Gasteiger partial charge >= 0.3 is 0 Å². The van der Waals surface area contributed by atoms with Gasteiger partial charge in [-0.05, 0) is 47.9 Å². The summed E-state index contributed by atoms with van der Waals surface area (Å²) < 4.78 is 1.78. The molecule has 3 aromatic carbocycles. The molecule has 1 fully saturated rings. The molecular formula is C31H28N4O. The van der Waals surface area contributed by atoms with Gasteiger partial charge in [0.2, 0.25) is 0 Å². The van der Waals surface area contributed by atoms with E-state index < -0.39 is 0 Å². The SMILES string of the molecule is O=C(c1cnn2c(-c3ccc(-c4ccccc4)cc3)ccnc12)N1CCC(Cc2ccccc2)CC1. The van der Waals surface area contributed by atoms with E-state index in [1.54, 1.807) is 16.9 Å². The summed E-state index contributed by atoms with van der Waals surface area (Å²) in [7, 11) is 0. The zero-order valence-electron chi connectivity index (χ0n) is 20.1. The van der Waals surface area contributed by atoms with Crippen LogP contribution in [0.4, 0.5) is 0 Å². The van der Waals surface area contributed by atoms with Crippen LogP contribution in [0.25, 0.3) is 28.0 Å². The number of benzene rings is 3. The highest BCUT2D eigenvalue weighted by molar-refractivity contribution is 6.00. The lowest BCUT2D eigenvalue weighted by Gasteiger charge is -2.32. The highest BCUT2D eigenvalue weighted by Crippen LogP contribution is 2.27. The number of hydrogen-bond donors (Lipinski definition) is 0. The molecule has 0 aliphatic carbocycles. The van der Waals surface area contributed by atoms with Crippen molar-refractivity contribution < 1.29 is 4.79 Å². The zero-order chi connectivity index (χ0) is 24.3. The highest BCUT2D eigenvalue weighted by atomic mass is 16.2. The summed E-state index contributed by atoms with van der Waals surface area (Å²) >= 11 is 0. The lowest BCUT2D eigenvalue weighted by Crippen LogP contribution is -2.38. The Labute approximate surface area is 211 Å². The summed E-state index contributed by atoms with van der Waals surface area (Å²) in [5.41, 5.74) is 6.85. The average Bonchev–Trinajstić information content (AvgIpc) is 3.39. The third-order valence-electron chi connectivity index (χ3n) is 7.19. The summed E-state index contributed by atoms with van der Waals surface area (Å²) in [4.78, 5) is 19.9. The number of carbonyl (C=O) groups excluding carboxylic acids is 1. The number of carbonyl (C=O) groups is 1. The van der Waals surface area contributed by atoms with Gasteiger partial charge in [-0.15, -0.1) is 0 Å². The quantitative estimate of drug-likeness (QED) is 0.308. The molecule has 0 radical (unpaired) electrons. The van der Waals surface area contributed by atoms with Crippen molar-refractivity contribution in [1.29, 1.82) is 0 Å². The van der Waals surface area contributed by atoms with E-state index in [0.29, 0.717) is 17.1 Å². The Kier molecular flexibility index (Phi) is 6.04. The summed E-state index contributed by atoms with van der Waals surface area (Å²) in [6.45, 7) is 1.54. The Morgan fingerprint density at radius 2 is 1.42 bits per heavy atom. The first-order chi connectivity index (χ1) is 17.8. The molecule has 6 rings (SSSR count). The molecule has 1 aliphatic rings. The van der Waals surface area contributed by atoms with Crippen LogP contribution in [0.1, 0.15) is 28.8 Å². The van der Waals surface area contributed by atoms with Gasteiger partial charge < -0.3 is 4.90 Å². The smallest absolute Gasteiger partial charge is 0.259 e. The Hall–Kier alpha value is -4.25. The van der Waals surface area contributed by atoms with E-state index in [2.05, 4.69) is 76.8 Å². The molecule has 5 aromatic rings. The number of likely N-dealkylation sites (tertiary alicyclic amines) is 1. The fraction of sp³-hybridized carbons (Fsp3) is 0.194. The number of aromatic nitrogens is 3. The maximum atomic E-state index is 13.4. The number of hydrogen-bond acceptors (Lipinski definition) is 3. The minimum absolute atomic E-state index is 0.0206. The normalized spacial score (nSPS) is 14.3. The number of fused-ring (bicyclic) bond motifs is 1. The molecule has 3 heterocycles. The minimum Gasteiger partial charge on any atom is -0.338 e. The molecule has 5 nitrogen and oxygen atoms in total. The molecule has 178 valence electrons. The van der Waals surface area contributed by atoms with Crippen molar-refractivity contribution in [2.75, 3.05) is 13.1 Å². The highest BCUT2D eigenvalue weighted by Gasteiger charge is 2.26. The first kappa shape index (κ1) is 22.2. The maximum absolute atomic E-state index is 13.4. The van der Waals surface area contributed by atoms with Crippen LogP contribution in [0.5, 0.6) is 0 Å². The number of nitrogens with zero attached hydrogens (tertiary/aromatic N) is 4. The van der Waals surface area contributed by atoms with E-state index in [1.165, 1.54) is 11.1 Å². The summed E-state index contributed by atoms with van der Waals surface area (Å²) in [6.07, 6.45) is 6.55. The van der Waals surface area contributed by atoms with Crippen molar-refractivity contribution in [3.8, 4) is 22.4 Å². The molecule has 0 N–H and O–H groups in total. The number of rotatable bonds is 5. The van der Waals surface area contributed by atoms with Gasteiger partial charge in [0.15, 0.2) is 5.65 Å². The molecule has 5 heteroatoms. The van der Waals surface area contributed by atoms with Gasteiger partial charge in [-0.2, -0.15) is 5.10 Å². The van der Waals surface area contributed by atoms with Gasteiger partial charge in [-0.3, -0.25) is 4.79 Å². The van der Waals surface area contributed by atoms with Crippen LogP contribution in [-0.2, 0) is 6.42 Å². The van der Waals surface area contributed by atoms with Crippen molar-refractivity contribution in [3.05, 3.63) is 115 Å². The van der Waals surface area contributed by atoms with E-state index in [0.717, 1.165) is 49.2 Å². The lowest BCUT2D eigenvalue weighted by molar-refractivity contribution is 0.0692. The number of piperidine rings is 1. The Balaban J connectivity index is 1.19. The molecule has 0 atom stereocenters. The van der Waals surface area contributed by atoms with E-state index in [1.807, 2.05) is 29.2 Å². The van der Waals surface area contributed by atoms with Gasteiger partial charge in [0, 0.05) is 24.8 Å². The third-order valence-corrected chi connectivity index (χ3v) is 7.19. The standard InChI is InChI=1S/C31H28N4O/c36-31(34-19-16-24(17-20-34)21-23-7-3-1-4-8-23)28-22-33-35-29(15-18-32-30(28)35)27-13-11-26(12-14-27)25-9-5-2-6-10-25/h1-15,18,22,24H,16-17,19-21H2. The molecule has 2 aromatic heterocycles. The molecule has 0 unspecified atom stereocenters. The van der Waals surface area contributed by atoms with Gasteiger partial charge in [-0.25, -0.2) is 9.50 Å². The second-order valence-electron chi connectivity index (χ2n) is 9.49. The fourth-order valence-electron chi connectivity index (χ4n) is 5.18. The summed E-state index contributed by atoms with van der Waals surface area (Å²) in [5, 5.41) is 4.57. The molecule has 0 spiro atoms. The van der Waals surface area contributed by atoms with Gasteiger partial charge in [0.05, 0.1) is 11.9 Å². The van der Waals surface area contributed by atoms with E-state index in [9.17, 15) is 4.79 Å². The molecule has 1 amide bonds. The Bertz CT molecular complexity index is 1470. The van der Waals surface area contributed by atoms with E-state index in [-0.39, 0.29) is 5.91 Å². The predicted octanol–water partition coefficient (Wildman–Crippen LogP) is 6.16. The maximum Gasteiger partial charge on any atom is 0.259 e. The van der Waals surface area contributed by atoms with Crippen LogP contribution in [0, 0.1) is 5.92 Å². The van der Waals surface area contributed by atoms with Crippen LogP contribution in [-0.4, -0.2) is 38.5 Å². The average molecular weight is 473 g/mol. The third kappa shape index (κ3) is 4.40. The van der Waals surface area contributed by atoms with Crippen LogP contribution in [0.3, 0.4) is 0 Å². The summed E-state index contributed by atoms with van der Waals surface area (Å²) in [6, 6.07) is 31.3. The van der Waals surface area contributed by atoms with Crippen LogP contribution in [0.2, 0.25) is 0 Å². The molecule has 36 heavy (non-hydrogen) atoms. The molecule has 1 aliphatic heterocycles. The summed E-state index contributed by atoms with van der Waals surface area (Å²) in [5.74, 6) is 0.635. The monoisotopic (exact) mass is 472 g/mol. The lowest BCUT2D eigenvalue weighted by atomic mass is 9.90. The van der Waals surface area contributed by atoms with Crippen molar-refractivity contribution in [2.24, 2.45) is 5.92 Å². The minimum atomic E-state index is 0.0206. The van der Waals surface area contributed by atoms with Crippen molar-refractivity contribution in [2.45, 2.75) is 19.3 Å². The van der Waals surface area contributed by atoms with Crippen LogP contribution < -0.4 is 0 Å². The fourth-order valence-corrected chi connectivity index (χ4v) is 5.18. The van der Waals surface area contributed by atoms with Crippen molar-refractivity contribution in [3.63, 3.8) is 0 Å². The first-order valence-corrected chi connectivity index (χ1v) is 12.6. The molecule has 0 bridgehead atoms. The second kappa shape index (κ2) is 9.78.